The van der Waals surface area contributed by atoms with Crippen LogP contribution < -0.4 is 0 Å². The van der Waals surface area contributed by atoms with Gasteiger partial charge in [0.05, 0.1) is 5.92 Å². The van der Waals surface area contributed by atoms with Gasteiger partial charge in [0.25, 0.3) is 0 Å². The maximum atomic E-state index is 12.5. The molecule has 4 nitrogen and oxygen atoms in total. The summed E-state index contributed by atoms with van der Waals surface area (Å²) < 4.78 is 6.79. The molecule has 0 unspecified atom stereocenters. The molecule has 29 heavy (non-hydrogen) atoms. The molecule has 0 atom stereocenters. The number of carbonyl (C=O) groups is 2. The van der Waals surface area contributed by atoms with Gasteiger partial charge in [-0.05, 0) is 41.3 Å². The van der Waals surface area contributed by atoms with Gasteiger partial charge in [0, 0.05) is 29.4 Å². The molecule has 2 aromatic carbocycles. The van der Waals surface area contributed by atoms with Gasteiger partial charge in [0.15, 0.2) is 0 Å². The highest BCUT2D eigenvalue weighted by Crippen LogP contribution is 2.27. The van der Waals surface area contributed by atoms with E-state index < -0.39 is 0 Å². The summed E-state index contributed by atoms with van der Waals surface area (Å²) in [5.74, 6) is -0.306. The zero-order valence-corrected chi connectivity index (χ0v) is 16.9. The van der Waals surface area contributed by atoms with Crippen LogP contribution in [0.15, 0.2) is 66.1 Å². The first-order valence-electron chi connectivity index (χ1n) is 9.84. The van der Waals surface area contributed by atoms with Gasteiger partial charge in [-0.2, -0.15) is 0 Å². The predicted molar refractivity (Wildman–Crippen MR) is 116 cm³/mol. The molecule has 0 N–H and O–H groups in total. The largest absolute Gasteiger partial charge is 0.461 e. The van der Waals surface area contributed by atoms with Gasteiger partial charge in [-0.1, -0.05) is 48.5 Å². The molecule has 0 radical (unpaired) electrons. The van der Waals surface area contributed by atoms with Crippen molar-refractivity contribution in [1.82, 2.24) is 4.90 Å². The Bertz CT molecular complexity index is 1020. The Kier molecular flexibility index (Phi) is 6.06. The van der Waals surface area contributed by atoms with Gasteiger partial charge in [-0.3, -0.25) is 9.59 Å². The zero-order valence-electron chi connectivity index (χ0n) is 16.1. The van der Waals surface area contributed by atoms with Crippen LogP contribution in [0, 0.1) is 5.92 Å². The Labute approximate surface area is 174 Å². The lowest BCUT2D eigenvalue weighted by Gasteiger charge is -2.30. The number of piperidine rings is 1. The third-order valence-corrected chi connectivity index (χ3v) is 6.30. The van der Waals surface area contributed by atoms with Crippen LogP contribution in [0.1, 0.15) is 24.0 Å². The van der Waals surface area contributed by atoms with E-state index in [2.05, 4.69) is 17.5 Å². The molecule has 0 bridgehead atoms. The van der Waals surface area contributed by atoms with Gasteiger partial charge in [0.2, 0.25) is 5.91 Å². The highest BCUT2D eigenvalue weighted by atomic mass is 32.1. The van der Waals surface area contributed by atoms with E-state index in [-0.39, 0.29) is 17.8 Å². The fraction of sp³-hybridized carbons (Fsp3) is 0.250. The van der Waals surface area contributed by atoms with Gasteiger partial charge in [-0.15, -0.1) is 11.3 Å². The van der Waals surface area contributed by atoms with E-state index >= 15 is 0 Å². The number of nitrogens with zero attached hydrogens (tertiary/aromatic N) is 1. The number of carbonyl (C=O) groups excluding carboxylic acids is 2. The third kappa shape index (κ3) is 4.74. The quantitative estimate of drug-likeness (QED) is 0.448. The van der Waals surface area contributed by atoms with E-state index in [4.69, 9.17) is 4.74 Å². The lowest BCUT2D eigenvalue weighted by atomic mass is 9.97. The molecular formula is C24H23NO3S. The van der Waals surface area contributed by atoms with E-state index in [9.17, 15) is 9.59 Å². The molecule has 1 aromatic heterocycles. The monoisotopic (exact) mass is 405 g/mol. The normalized spacial score (nSPS) is 15.1. The second kappa shape index (κ2) is 9.05. The number of benzene rings is 2. The summed E-state index contributed by atoms with van der Waals surface area (Å²) in [5, 5.41) is 3.20. The average Bonchev–Trinajstić information content (AvgIpc) is 3.20. The molecule has 0 saturated carbocycles. The molecule has 1 saturated heterocycles. The maximum absolute atomic E-state index is 12.5. The number of esters is 1. The van der Waals surface area contributed by atoms with Gasteiger partial charge >= 0.3 is 5.97 Å². The van der Waals surface area contributed by atoms with Crippen molar-refractivity contribution in [2.75, 3.05) is 13.1 Å². The van der Waals surface area contributed by atoms with E-state index in [1.807, 2.05) is 48.5 Å². The molecule has 0 spiro atoms. The van der Waals surface area contributed by atoms with Crippen molar-refractivity contribution in [3.05, 3.63) is 77.2 Å². The molecule has 4 rings (SSSR count). The van der Waals surface area contributed by atoms with Crippen molar-refractivity contribution in [2.24, 2.45) is 5.92 Å². The van der Waals surface area contributed by atoms with Crippen LogP contribution in [0.25, 0.3) is 16.2 Å². The number of likely N-dealkylation sites (tertiary alicyclic amines) is 1. The highest BCUT2D eigenvalue weighted by molar-refractivity contribution is 7.17. The van der Waals surface area contributed by atoms with Crippen molar-refractivity contribution in [3.63, 3.8) is 0 Å². The van der Waals surface area contributed by atoms with Crippen LogP contribution in [0.2, 0.25) is 0 Å². The summed E-state index contributed by atoms with van der Waals surface area (Å²) in [6, 6.07) is 17.9. The molecule has 5 heteroatoms. The SMILES string of the molecule is O=C(OCc1csc2ccccc12)C1CCN(C(=O)/C=C/c2ccccc2)CC1. The minimum atomic E-state index is -0.160. The van der Waals surface area contributed by atoms with Crippen LogP contribution in [-0.2, 0) is 20.9 Å². The smallest absolute Gasteiger partial charge is 0.309 e. The highest BCUT2D eigenvalue weighted by Gasteiger charge is 2.27. The van der Waals surface area contributed by atoms with E-state index in [0.29, 0.717) is 32.5 Å². The fourth-order valence-electron chi connectivity index (χ4n) is 3.58. The van der Waals surface area contributed by atoms with Crippen LogP contribution >= 0.6 is 11.3 Å². The molecule has 1 aliphatic rings. The Morgan fingerprint density at radius 2 is 1.76 bits per heavy atom. The molecule has 3 aromatic rings. The number of thiophene rings is 1. The summed E-state index contributed by atoms with van der Waals surface area (Å²) in [6.07, 6.45) is 4.73. The topological polar surface area (TPSA) is 46.6 Å². The van der Waals surface area contributed by atoms with Gasteiger partial charge in [0.1, 0.15) is 6.61 Å². The first kappa shape index (κ1) is 19.4. The average molecular weight is 406 g/mol. The summed E-state index contributed by atoms with van der Waals surface area (Å²) in [6.45, 7) is 1.47. The molecule has 1 aliphatic heterocycles. The number of ether oxygens (including phenoxy) is 1. The van der Waals surface area contributed by atoms with Crippen LogP contribution in [-0.4, -0.2) is 29.9 Å². The Morgan fingerprint density at radius 3 is 2.55 bits per heavy atom. The fourth-order valence-corrected chi connectivity index (χ4v) is 4.53. The summed E-state index contributed by atoms with van der Waals surface area (Å²) in [5.41, 5.74) is 2.05. The molecule has 148 valence electrons. The van der Waals surface area contributed by atoms with Crippen LogP contribution in [0.5, 0.6) is 0 Å². The number of hydrogen-bond acceptors (Lipinski definition) is 4. The first-order valence-corrected chi connectivity index (χ1v) is 10.7. The molecule has 1 amide bonds. The van der Waals surface area contributed by atoms with Crippen LogP contribution in [0.4, 0.5) is 0 Å². The Balaban J connectivity index is 1.26. The summed E-state index contributed by atoms with van der Waals surface area (Å²) in [4.78, 5) is 26.7. The molecule has 0 aliphatic carbocycles. The molecular weight excluding hydrogens is 382 g/mol. The molecule has 2 heterocycles. The van der Waals surface area contributed by atoms with Crippen molar-refractivity contribution >= 4 is 39.4 Å². The zero-order chi connectivity index (χ0) is 20.1. The number of rotatable bonds is 5. The van der Waals surface area contributed by atoms with E-state index in [1.165, 1.54) is 4.70 Å². The van der Waals surface area contributed by atoms with Crippen molar-refractivity contribution < 1.29 is 14.3 Å². The third-order valence-electron chi connectivity index (χ3n) is 5.29. The minimum Gasteiger partial charge on any atom is -0.461 e. The van der Waals surface area contributed by atoms with Gasteiger partial charge in [-0.25, -0.2) is 0 Å². The summed E-state index contributed by atoms with van der Waals surface area (Å²) >= 11 is 1.67. The second-order valence-corrected chi connectivity index (χ2v) is 8.12. The number of fused-ring (bicyclic) bond motifs is 1. The van der Waals surface area contributed by atoms with E-state index in [1.54, 1.807) is 22.3 Å². The van der Waals surface area contributed by atoms with Crippen molar-refractivity contribution in [3.8, 4) is 0 Å². The standard InChI is InChI=1S/C24H23NO3S/c26-23(11-10-18-6-2-1-3-7-18)25-14-12-19(13-15-25)24(27)28-16-20-17-29-22-9-5-4-8-21(20)22/h1-11,17,19H,12-16H2/b11-10+. The van der Waals surface area contributed by atoms with Gasteiger partial charge < -0.3 is 9.64 Å². The number of amides is 1. The van der Waals surface area contributed by atoms with E-state index in [0.717, 1.165) is 16.5 Å². The van der Waals surface area contributed by atoms with Crippen molar-refractivity contribution in [1.29, 1.82) is 0 Å². The first-order chi connectivity index (χ1) is 14.2. The minimum absolute atomic E-state index is 0.00888. The molecule has 1 fully saturated rings. The Hall–Kier alpha value is -2.92. The lowest BCUT2D eigenvalue weighted by molar-refractivity contribution is -0.152. The predicted octanol–water partition coefficient (Wildman–Crippen LogP) is 4.90. The lowest BCUT2D eigenvalue weighted by Crippen LogP contribution is -2.39. The Morgan fingerprint density at radius 1 is 1.03 bits per heavy atom. The summed E-state index contributed by atoms with van der Waals surface area (Å²) in [7, 11) is 0. The number of hydrogen-bond donors (Lipinski definition) is 0. The maximum Gasteiger partial charge on any atom is 0.309 e. The van der Waals surface area contributed by atoms with Crippen molar-refractivity contribution in [2.45, 2.75) is 19.4 Å². The van der Waals surface area contributed by atoms with Crippen LogP contribution in [0.3, 0.4) is 0 Å². The second-order valence-electron chi connectivity index (χ2n) is 7.21.